The largest absolute Gasteiger partial charge is 0.450 e. The number of para-hydroxylation sites is 1. The van der Waals surface area contributed by atoms with Crippen LogP contribution in [0.4, 0.5) is 5.82 Å². The molecule has 2 heterocycles. The first-order valence-corrected chi connectivity index (χ1v) is 7.34. The molecule has 1 aliphatic rings. The Morgan fingerprint density at radius 3 is 2.86 bits per heavy atom. The zero-order valence-corrected chi connectivity index (χ0v) is 11.7. The summed E-state index contributed by atoms with van der Waals surface area (Å²) in [6.45, 7) is 0.496. The van der Waals surface area contributed by atoms with E-state index in [1.807, 2.05) is 24.3 Å². The summed E-state index contributed by atoms with van der Waals surface area (Å²) < 4.78 is 5.86. The summed E-state index contributed by atoms with van der Waals surface area (Å²) in [7, 11) is 0. The third kappa shape index (κ3) is 2.14. The molecule has 0 spiro atoms. The predicted molar refractivity (Wildman–Crippen MR) is 81.2 cm³/mol. The molecule has 4 rings (SSSR count). The Hall–Kier alpha value is -2.14. The van der Waals surface area contributed by atoms with Crippen LogP contribution in [0.5, 0.6) is 0 Å². The number of nitrogens with zero attached hydrogens (tertiary/aromatic N) is 2. The van der Waals surface area contributed by atoms with Crippen molar-refractivity contribution in [3.05, 3.63) is 30.6 Å². The minimum Gasteiger partial charge on any atom is -0.450 e. The van der Waals surface area contributed by atoms with E-state index in [-0.39, 0.29) is 0 Å². The van der Waals surface area contributed by atoms with Gasteiger partial charge in [0.15, 0.2) is 11.4 Å². The van der Waals surface area contributed by atoms with Crippen molar-refractivity contribution < 1.29 is 9.52 Å². The Balaban J connectivity index is 1.71. The first-order valence-electron chi connectivity index (χ1n) is 7.34. The van der Waals surface area contributed by atoms with Crippen molar-refractivity contribution in [2.24, 2.45) is 0 Å². The SMILES string of the molecule is OC1(CNc2ncnc3c2oc2ccccc23)CCCC1. The van der Waals surface area contributed by atoms with Gasteiger partial charge in [0.25, 0.3) is 0 Å². The van der Waals surface area contributed by atoms with Gasteiger partial charge in [0.2, 0.25) is 0 Å². The van der Waals surface area contributed by atoms with E-state index in [4.69, 9.17) is 4.42 Å². The normalized spacial score (nSPS) is 17.6. The van der Waals surface area contributed by atoms with Gasteiger partial charge in [-0.25, -0.2) is 9.97 Å². The van der Waals surface area contributed by atoms with Crippen molar-refractivity contribution in [3.8, 4) is 0 Å². The molecule has 2 aromatic heterocycles. The fourth-order valence-electron chi connectivity index (χ4n) is 3.11. The van der Waals surface area contributed by atoms with E-state index in [1.54, 1.807) is 0 Å². The molecule has 1 fully saturated rings. The molecule has 0 saturated heterocycles. The standard InChI is InChI=1S/C16H17N3O2/c20-16(7-3-4-8-16)9-17-15-14-13(18-10-19-15)11-5-1-2-6-12(11)21-14/h1-2,5-6,10,20H,3-4,7-9H2,(H,17,18,19). The maximum absolute atomic E-state index is 10.4. The summed E-state index contributed by atoms with van der Waals surface area (Å²) in [6.07, 6.45) is 5.39. The van der Waals surface area contributed by atoms with Crippen molar-refractivity contribution in [2.45, 2.75) is 31.3 Å². The zero-order chi connectivity index (χ0) is 14.3. The Morgan fingerprint density at radius 2 is 2.00 bits per heavy atom. The van der Waals surface area contributed by atoms with Crippen molar-refractivity contribution in [3.63, 3.8) is 0 Å². The fraction of sp³-hybridized carbons (Fsp3) is 0.375. The average Bonchev–Trinajstić information content (AvgIpc) is 3.10. The number of hydrogen-bond acceptors (Lipinski definition) is 5. The number of anilines is 1. The molecule has 3 aromatic rings. The van der Waals surface area contributed by atoms with Gasteiger partial charge in [-0.1, -0.05) is 25.0 Å². The summed E-state index contributed by atoms with van der Waals surface area (Å²) >= 11 is 0. The molecule has 1 aliphatic carbocycles. The van der Waals surface area contributed by atoms with E-state index in [1.165, 1.54) is 6.33 Å². The quantitative estimate of drug-likeness (QED) is 0.773. The third-order valence-corrected chi connectivity index (χ3v) is 4.28. The summed E-state index contributed by atoms with van der Waals surface area (Å²) in [5.41, 5.74) is 1.64. The lowest BCUT2D eigenvalue weighted by atomic mass is 10.0. The Bertz CT molecular complexity index is 790. The molecule has 0 radical (unpaired) electrons. The van der Waals surface area contributed by atoms with Crippen LogP contribution in [0.1, 0.15) is 25.7 Å². The zero-order valence-electron chi connectivity index (χ0n) is 11.7. The second-order valence-electron chi connectivity index (χ2n) is 5.78. The molecule has 108 valence electrons. The van der Waals surface area contributed by atoms with Gasteiger partial charge < -0.3 is 14.8 Å². The van der Waals surface area contributed by atoms with Gasteiger partial charge in [0.1, 0.15) is 17.4 Å². The van der Waals surface area contributed by atoms with Crippen molar-refractivity contribution in [2.75, 3.05) is 11.9 Å². The first-order chi connectivity index (χ1) is 10.3. The van der Waals surface area contributed by atoms with E-state index in [0.717, 1.165) is 42.2 Å². The van der Waals surface area contributed by atoms with Crippen LogP contribution in [0.2, 0.25) is 0 Å². The van der Waals surface area contributed by atoms with E-state index in [0.29, 0.717) is 17.9 Å². The van der Waals surface area contributed by atoms with Gasteiger partial charge in [-0.05, 0) is 25.0 Å². The van der Waals surface area contributed by atoms with E-state index < -0.39 is 5.60 Å². The highest BCUT2D eigenvalue weighted by molar-refractivity contribution is 6.05. The van der Waals surface area contributed by atoms with Crippen LogP contribution in [0, 0.1) is 0 Å². The number of aromatic nitrogens is 2. The Labute approximate surface area is 122 Å². The smallest absolute Gasteiger partial charge is 0.196 e. The van der Waals surface area contributed by atoms with Crippen LogP contribution < -0.4 is 5.32 Å². The van der Waals surface area contributed by atoms with Gasteiger partial charge in [-0.2, -0.15) is 0 Å². The monoisotopic (exact) mass is 283 g/mol. The van der Waals surface area contributed by atoms with E-state index >= 15 is 0 Å². The number of nitrogens with one attached hydrogen (secondary N) is 1. The minimum atomic E-state index is -0.622. The van der Waals surface area contributed by atoms with Crippen LogP contribution in [-0.4, -0.2) is 27.2 Å². The fourth-order valence-corrected chi connectivity index (χ4v) is 3.11. The van der Waals surface area contributed by atoms with Gasteiger partial charge in [0, 0.05) is 11.9 Å². The topological polar surface area (TPSA) is 71.2 Å². The molecule has 0 unspecified atom stereocenters. The lowest BCUT2D eigenvalue weighted by Crippen LogP contribution is -2.33. The number of fused-ring (bicyclic) bond motifs is 3. The van der Waals surface area contributed by atoms with Crippen molar-refractivity contribution >= 4 is 27.9 Å². The predicted octanol–water partition coefficient (Wildman–Crippen LogP) is 3.09. The van der Waals surface area contributed by atoms with Gasteiger partial charge in [-0.15, -0.1) is 0 Å². The molecule has 0 aliphatic heterocycles. The van der Waals surface area contributed by atoms with Crippen LogP contribution in [0.15, 0.2) is 35.0 Å². The lowest BCUT2D eigenvalue weighted by Gasteiger charge is -2.22. The summed E-state index contributed by atoms with van der Waals surface area (Å²) in [4.78, 5) is 8.59. The molecule has 2 N–H and O–H groups in total. The van der Waals surface area contributed by atoms with E-state index in [9.17, 15) is 5.11 Å². The molecule has 0 bridgehead atoms. The molecule has 1 aromatic carbocycles. The first kappa shape index (κ1) is 12.6. The molecule has 0 atom stereocenters. The van der Waals surface area contributed by atoms with Crippen LogP contribution in [-0.2, 0) is 0 Å². The summed E-state index contributed by atoms with van der Waals surface area (Å²) in [5, 5.41) is 14.6. The highest BCUT2D eigenvalue weighted by Gasteiger charge is 2.31. The molecular formula is C16H17N3O2. The highest BCUT2D eigenvalue weighted by atomic mass is 16.3. The molecule has 21 heavy (non-hydrogen) atoms. The number of aliphatic hydroxyl groups is 1. The molecule has 5 nitrogen and oxygen atoms in total. The molecule has 0 amide bonds. The summed E-state index contributed by atoms with van der Waals surface area (Å²) in [6, 6.07) is 7.81. The number of rotatable bonds is 3. The Morgan fingerprint density at radius 1 is 1.19 bits per heavy atom. The van der Waals surface area contributed by atoms with Gasteiger partial charge >= 0.3 is 0 Å². The second kappa shape index (κ2) is 4.70. The molecular weight excluding hydrogens is 266 g/mol. The van der Waals surface area contributed by atoms with Gasteiger partial charge in [-0.3, -0.25) is 0 Å². The van der Waals surface area contributed by atoms with Crippen molar-refractivity contribution in [1.82, 2.24) is 9.97 Å². The summed E-state index contributed by atoms with van der Waals surface area (Å²) in [5.74, 6) is 0.650. The lowest BCUT2D eigenvalue weighted by molar-refractivity contribution is 0.0614. The minimum absolute atomic E-state index is 0.496. The van der Waals surface area contributed by atoms with Crippen LogP contribution in [0.3, 0.4) is 0 Å². The number of benzene rings is 1. The van der Waals surface area contributed by atoms with E-state index in [2.05, 4.69) is 15.3 Å². The maximum atomic E-state index is 10.4. The Kier molecular flexibility index (Phi) is 2.82. The van der Waals surface area contributed by atoms with Crippen LogP contribution in [0.25, 0.3) is 22.1 Å². The maximum Gasteiger partial charge on any atom is 0.196 e. The van der Waals surface area contributed by atoms with Crippen molar-refractivity contribution in [1.29, 1.82) is 0 Å². The molecule has 1 saturated carbocycles. The third-order valence-electron chi connectivity index (χ3n) is 4.28. The second-order valence-corrected chi connectivity index (χ2v) is 5.78. The number of furan rings is 1. The average molecular weight is 283 g/mol. The van der Waals surface area contributed by atoms with Gasteiger partial charge in [0.05, 0.1) is 5.60 Å². The molecule has 5 heteroatoms. The van der Waals surface area contributed by atoms with Crippen LogP contribution >= 0.6 is 0 Å². The number of hydrogen-bond donors (Lipinski definition) is 2. The highest BCUT2D eigenvalue weighted by Crippen LogP contribution is 2.32.